The summed E-state index contributed by atoms with van der Waals surface area (Å²) in [6.07, 6.45) is 4.58. The molecule has 3 amide bonds. The Morgan fingerprint density at radius 3 is 2.14 bits per heavy atom. The summed E-state index contributed by atoms with van der Waals surface area (Å²) in [5.74, 6) is 0.157. The lowest BCUT2D eigenvalue weighted by molar-refractivity contribution is -0.188. The number of imide groups is 1. The molecule has 8 atom stereocenters. The molecule has 4 aliphatic rings. The van der Waals surface area contributed by atoms with Crippen LogP contribution in [0.3, 0.4) is 0 Å². The van der Waals surface area contributed by atoms with Crippen LogP contribution in [0.2, 0.25) is 0 Å². The number of allylic oxidation sites excluding steroid dienone is 1. The van der Waals surface area contributed by atoms with E-state index in [-0.39, 0.29) is 53.6 Å². The highest BCUT2D eigenvalue weighted by atomic mass is 16.6. The number of amides is 3. The molecule has 0 heterocycles. The van der Waals surface area contributed by atoms with Crippen LogP contribution >= 0.6 is 0 Å². The second-order valence-corrected chi connectivity index (χ2v) is 15.3. The summed E-state index contributed by atoms with van der Waals surface area (Å²) in [6, 6.07) is -0.0708. The molecule has 10 heteroatoms. The van der Waals surface area contributed by atoms with E-state index in [1.165, 1.54) is 0 Å². The molecule has 0 aromatic carbocycles. The molecule has 2 unspecified atom stereocenters. The number of ketones is 1. The third-order valence-electron chi connectivity index (χ3n) is 11.7. The van der Waals surface area contributed by atoms with Crippen molar-refractivity contribution in [3.8, 4) is 0 Å². The van der Waals surface area contributed by atoms with Crippen LogP contribution in [0.1, 0.15) is 106 Å². The predicted octanol–water partition coefficient (Wildman–Crippen LogP) is 6.70. The smallest absolute Gasteiger partial charge is 0.416 e. The predicted molar refractivity (Wildman–Crippen MR) is 165 cm³/mol. The van der Waals surface area contributed by atoms with Gasteiger partial charge in [-0.3, -0.25) is 4.79 Å². The molecule has 0 aromatic heterocycles. The van der Waals surface area contributed by atoms with Gasteiger partial charge in [0, 0.05) is 42.2 Å². The summed E-state index contributed by atoms with van der Waals surface area (Å²) in [5, 5.41) is 5.15. The molecule has 44 heavy (non-hydrogen) atoms. The maximum absolute atomic E-state index is 14.1. The average molecular weight is 619 g/mol. The molecule has 0 aromatic rings. The first-order chi connectivity index (χ1) is 20.5. The molecule has 0 saturated heterocycles. The summed E-state index contributed by atoms with van der Waals surface area (Å²) < 4.78 is 23.1. The third-order valence-corrected chi connectivity index (χ3v) is 11.7. The van der Waals surface area contributed by atoms with Crippen molar-refractivity contribution < 1.29 is 38.1 Å². The van der Waals surface area contributed by atoms with Crippen LogP contribution in [0.15, 0.2) is 12.7 Å². The van der Waals surface area contributed by atoms with Crippen LogP contribution in [0.5, 0.6) is 0 Å². The fourth-order valence-corrected chi connectivity index (χ4v) is 9.02. The van der Waals surface area contributed by atoms with E-state index in [9.17, 15) is 19.2 Å². The number of methoxy groups -OCH3 is 1. The first kappa shape index (κ1) is 34.3. The number of hydrogen-bond acceptors (Lipinski definition) is 8. The number of rotatable bonds is 5. The molecule has 4 rings (SSSR count). The van der Waals surface area contributed by atoms with Gasteiger partial charge in [-0.15, -0.1) is 6.58 Å². The number of hydrogen-bond donors (Lipinski definition) is 2. The second kappa shape index (κ2) is 12.6. The molecular weight excluding hydrogens is 564 g/mol. The van der Waals surface area contributed by atoms with Crippen LogP contribution < -0.4 is 10.6 Å². The minimum Gasteiger partial charge on any atom is -0.446 e. The van der Waals surface area contributed by atoms with E-state index < -0.39 is 40.8 Å². The van der Waals surface area contributed by atoms with Gasteiger partial charge in [-0.2, -0.15) is 0 Å². The van der Waals surface area contributed by atoms with Crippen molar-refractivity contribution in [2.24, 2.45) is 34.0 Å². The van der Waals surface area contributed by atoms with Crippen LogP contribution in [0.25, 0.3) is 0 Å². The van der Waals surface area contributed by atoms with Gasteiger partial charge in [0.1, 0.15) is 23.6 Å². The van der Waals surface area contributed by atoms with Gasteiger partial charge in [0.25, 0.3) is 0 Å². The first-order valence-electron chi connectivity index (χ1n) is 16.4. The normalized spacial score (nSPS) is 40.5. The Balaban J connectivity index is 1.44. The minimum absolute atomic E-state index is 0.0197. The largest absolute Gasteiger partial charge is 0.446 e. The van der Waals surface area contributed by atoms with Gasteiger partial charge in [-0.1, -0.05) is 26.8 Å². The summed E-state index contributed by atoms with van der Waals surface area (Å²) in [4.78, 5) is 52.3. The minimum atomic E-state index is -0.891. The van der Waals surface area contributed by atoms with Crippen molar-refractivity contribution in [1.82, 2.24) is 10.6 Å². The molecule has 2 N–H and O–H groups in total. The molecule has 4 saturated carbocycles. The van der Waals surface area contributed by atoms with Crippen molar-refractivity contribution in [3.05, 3.63) is 12.7 Å². The highest BCUT2D eigenvalue weighted by Crippen LogP contribution is 2.68. The lowest BCUT2D eigenvalue weighted by atomic mass is 9.44. The lowest BCUT2D eigenvalue weighted by Gasteiger charge is -2.61. The van der Waals surface area contributed by atoms with Gasteiger partial charge in [0.15, 0.2) is 0 Å². The Hall–Kier alpha value is -2.62. The van der Waals surface area contributed by atoms with Crippen molar-refractivity contribution in [1.29, 1.82) is 0 Å². The van der Waals surface area contributed by atoms with Gasteiger partial charge in [-0.05, 0) is 90.4 Å². The molecule has 248 valence electrons. The number of alkyl carbamates (subject to hydrolysis) is 3. The van der Waals surface area contributed by atoms with E-state index in [1.54, 1.807) is 13.2 Å². The van der Waals surface area contributed by atoms with Crippen molar-refractivity contribution in [3.63, 3.8) is 0 Å². The zero-order chi connectivity index (χ0) is 32.7. The second-order valence-electron chi connectivity index (χ2n) is 15.3. The van der Waals surface area contributed by atoms with Gasteiger partial charge in [0.2, 0.25) is 0 Å². The van der Waals surface area contributed by atoms with Crippen LogP contribution in [-0.4, -0.2) is 61.1 Å². The van der Waals surface area contributed by atoms with E-state index in [4.69, 9.17) is 18.9 Å². The molecular formula is C34H54N2O8. The highest BCUT2D eigenvalue weighted by Gasteiger charge is 2.68. The Labute approximate surface area is 262 Å². The van der Waals surface area contributed by atoms with Gasteiger partial charge < -0.3 is 24.3 Å². The summed E-state index contributed by atoms with van der Waals surface area (Å²) in [6.45, 7) is 17.8. The van der Waals surface area contributed by atoms with Crippen molar-refractivity contribution in [2.45, 2.75) is 136 Å². The molecule has 0 radical (unpaired) electrons. The van der Waals surface area contributed by atoms with Crippen molar-refractivity contribution >= 4 is 24.1 Å². The molecule has 2 bridgehead atoms. The number of carbonyl (C=O) groups is 4. The first-order valence-corrected chi connectivity index (χ1v) is 16.4. The fourth-order valence-electron chi connectivity index (χ4n) is 9.02. The SMILES string of the molecule is C=C[C@]1(C)C[C@@H](OC(=O)NC(=O)O[C@H]2CC[C@H](NC(=O)OC(C)(C)C)CC2)[C@]2(C)C(C)CC[C@]3(CC[C@@H](OC)C32)[C@@H](C)C1=O. The van der Waals surface area contributed by atoms with E-state index in [0.717, 1.165) is 25.7 Å². The maximum Gasteiger partial charge on any atom is 0.416 e. The number of nitrogens with one attached hydrogen (secondary N) is 2. The van der Waals surface area contributed by atoms with E-state index in [0.29, 0.717) is 25.7 Å². The number of ether oxygens (including phenoxy) is 4. The fraction of sp³-hybridized carbons (Fsp3) is 0.824. The zero-order valence-electron chi connectivity index (χ0n) is 28.0. The Bertz CT molecular complexity index is 1130. The Morgan fingerprint density at radius 2 is 1.55 bits per heavy atom. The number of carbonyl (C=O) groups excluding carboxylic acids is 4. The van der Waals surface area contributed by atoms with Crippen LogP contribution in [0, 0.1) is 34.0 Å². The van der Waals surface area contributed by atoms with E-state index in [1.807, 2.05) is 27.7 Å². The molecule has 0 aliphatic heterocycles. The van der Waals surface area contributed by atoms with E-state index >= 15 is 0 Å². The van der Waals surface area contributed by atoms with Gasteiger partial charge in [0.05, 0.1) is 6.10 Å². The van der Waals surface area contributed by atoms with Crippen molar-refractivity contribution in [2.75, 3.05) is 7.11 Å². The Morgan fingerprint density at radius 1 is 0.932 bits per heavy atom. The van der Waals surface area contributed by atoms with Gasteiger partial charge in [-0.25, -0.2) is 19.7 Å². The Kier molecular flexibility index (Phi) is 9.84. The van der Waals surface area contributed by atoms with Gasteiger partial charge >= 0.3 is 18.3 Å². The zero-order valence-corrected chi connectivity index (χ0v) is 28.0. The summed E-state index contributed by atoms with van der Waals surface area (Å²) in [7, 11) is 1.73. The monoisotopic (exact) mass is 618 g/mol. The molecule has 0 spiro atoms. The molecule has 10 nitrogen and oxygen atoms in total. The average Bonchev–Trinajstić information content (AvgIpc) is 3.34. The lowest BCUT2D eigenvalue weighted by Crippen LogP contribution is -2.63. The maximum atomic E-state index is 14.1. The molecule has 4 fully saturated rings. The standard InChI is InChI=1S/C34H54N2O8/c1-10-32(7)19-25(33(8)20(2)15-17-34(21(3)27(32)37)18-16-24(41-9)26(33)34)43-29(39)36-28(38)42-23-13-11-22(12-14-23)35-30(40)44-31(4,5)6/h10,20-26H,1,11-19H2,2-9H3,(H,35,40)(H,36,38,39)/t20?,21-,22-,23-,24+,25+,26?,32+,33-,34-/m0/s1. The summed E-state index contributed by atoms with van der Waals surface area (Å²) in [5.41, 5.74) is -2.21. The summed E-state index contributed by atoms with van der Waals surface area (Å²) >= 11 is 0. The van der Waals surface area contributed by atoms with E-state index in [2.05, 4.69) is 38.0 Å². The topological polar surface area (TPSA) is 129 Å². The quantitative estimate of drug-likeness (QED) is 0.257. The number of Topliss-reactive ketones (excluding diaryl/α,β-unsaturated/α-hetero) is 1. The molecule has 4 aliphatic carbocycles. The van der Waals surface area contributed by atoms with Crippen LogP contribution in [-0.2, 0) is 23.7 Å². The van der Waals surface area contributed by atoms with Crippen LogP contribution in [0.4, 0.5) is 14.4 Å². The highest BCUT2D eigenvalue weighted by molar-refractivity contribution is 5.90. The third kappa shape index (κ3) is 6.51.